The van der Waals surface area contributed by atoms with Gasteiger partial charge in [0.2, 0.25) is 5.91 Å². The highest BCUT2D eigenvalue weighted by molar-refractivity contribution is 5.97. The van der Waals surface area contributed by atoms with Gasteiger partial charge in [0.1, 0.15) is 35.2 Å². The molecule has 3 heterocycles. The zero-order chi connectivity index (χ0) is 37.0. The maximum atomic E-state index is 15.2. The van der Waals surface area contributed by atoms with Crippen molar-refractivity contribution in [2.75, 3.05) is 0 Å². The third-order valence-corrected chi connectivity index (χ3v) is 8.57. The summed E-state index contributed by atoms with van der Waals surface area (Å²) in [5.74, 6) is -2.58. The molecule has 6 rings (SSSR count). The number of carbonyl (C=O) groups excluding carboxylic acids is 1. The second-order valence-electron chi connectivity index (χ2n) is 13.1. The number of benzene rings is 2. The number of nitrogens with zero attached hydrogens (tertiary/aromatic N) is 4. The summed E-state index contributed by atoms with van der Waals surface area (Å²) in [6.07, 6.45) is -5.93. The Morgan fingerprint density at radius 1 is 1.12 bits per heavy atom. The van der Waals surface area contributed by atoms with E-state index in [1.54, 1.807) is 37.3 Å². The molecule has 1 amide bonds. The number of nitrogens with one attached hydrogen (secondary N) is 2. The molecule has 0 bridgehead atoms. The van der Waals surface area contributed by atoms with Crippen LogP contribution in [0.15, 0.2) is 48.5 Å². The van der Waals surface area contributed by atoms with Crippen molar-refractivity contribution in [3.8, 4) is 23.0 Å². The minimum atomic E-state index is -5.05. The highest BCUT2D eigenvalue weighted by atomic mass is 19.4. The first-order chi connectivity index (χ1) is 23.8. The summed E-state index contributed by atoms with van der Waals surface area (Å²) in [5, 5.41) is 24.2. The van der Waals surface area contributed by atoms with Gasteiger partial charge in [0.05, 0.1) is 22.9 Å². The zero-order valence-electron chi connectivity index (χ0n) is 27.7. The molecule has 5 aromatic rings. The van der Waals surface area contributed by atoms with Crippen molar-refractivity contribution in [1.29, 1.82) is 0 Å². The smallest absolute Gasteiger partial charge is 0.378 e. The average molecular weight is 713 g/mol. The van der Waals surface area contributed by atoms with Gasteiger partial charge in [-0.1, -0.05) is 25.0 Å². The van der Waals surface area contributed by atoms with Gasteiger partial charge in [0.25, 0.3) is 5.92 Å². The third kappa shape index (κ3) is 7.18. The van der Waals surface area contributed by atoms with Crippen LogP contribution in [0.4, 0.5) is 30.7 Å². The molecule has 0 aliphatic heterocycles. The summed E-state index contributed by atoms with van der Waals surface area (Å²) < 4.78 is 101. The van der Waals surface area contributed by atoms with Crippen molar-refractivity contribution in [3.63, 3.8) is 0 Å². The summed E-state index contributed by atoms with van der Waals surface area (Å²) in [7, 11) is 0. The lowest BCUT2D eigenvalue weighted by Crippen LogP contribution is -2.35. The van der Waals surface area contributed by atoms with E-state index in [1.165, 1.54) is 13.8 Å². The maximum absolute atomic E-state index is 15.2. The molecule has 8 nitrogen and oxygen atoms in total. The highest BCUT2D eigenvalue weighted by Gasteiger charge is 2.54. The number of hydrogen-bond acceptors (Lipinski definition) is 5. The van der Waals surface area contributed by atoms with Crippen LogP contribution in [0.5, 0.6) is 0 Å². The number of aliphatic hydroxyl groups is 1. The molecule has 1 unspecified atom stereocenters. The Labute approximate surface area is 287 Å². The van der Waals surface area contributed by atoms with Crippen LogP contribution in [0.25, 0.3) is 22.0 Å². The van der Waals surface area contributed by atoms with Crippen molar-refractivity contribution >= 4 is 16.8 Å². The van der Waals surface area contributed by atoms with Crippen molar-refractivity contribution in [3.05, 3.63) is 99.8 Å². The molecule has 3 N–H and O–H groups in total. The van der Waals surface area contributed by atoms with Crippen molar-refractivity contribution in [1.82, 2.24) is 30.3 Å². The van der Waals surface area contributed by atoms with Crippen molar-refractivity contribution < 1.29 is 40.6 Å². The summed E-state index contributed by atoms with van der Waals surface area (Å²) >= 11 is 0. The lowest BCUT2D eigenvalue weighted by molar-refractivity contribution is -0.142. The van der Waals surface area contributed by atoms with E-state index in [9.17, 15) is 31.9 Å². The quantitative estimate of drug-likeness (QED) is 0.125. The monoisotopic (exact) mass is 712 g/mol. The lowest BCUT2D eigenvalue weighted by atomic mass is 9.92. The zero-order valence-corrected chi connectivity index (χ0v) is 27.7. The predicted molar refractivity (Wildman–Crippen MR) is 172 cm³/mol. The molecule has 0 saturated carbocycles. The van der Waals surface area contributed by atoms with E-state index in [4.69, 9.17) is 4.98 Å². The van der Waals surface area contributed by atoms with Crippen molar-refractivity contribution in [2.45, 2.75) is 70.8 Å². The van der Waals surface area contributed by atoms with Crippen LogP contribution >= 0.6 is 0 Å². The van der Waals surface area contributed by atoms with E-state index in [0.717, 1.165) is 19.1 Å². The first kappa shape index (κ1) is 35.6. The molecule has 0 spiro atoms. The molecule has 1 aliphatic carbocycles. The first-order valence-electron chi connectivity index (χ1n) is 15.8. The first-order valence-corrected chi connectivity index (χ1v) is 15.8. The fourth-order valence-electron chi connectivity index (χ4n) is 6.35. The summed E-state index contributed by atoms with van der Waals surface area (Å²) in [6, 6.07) is 10.0. The number of H-pyrrole nitrogens is 1. The number of alkyl halides is 5. The average Bonchev–Trinajstić information content (AvgIpc) is 3.66. The molecular formula is C36H31F7N6O2. The van der Waals surface area contributed by atoms with Crippen molar-refractivity contribution in [2.24, 2.45) is 5.92 Å². The summed E-state index contributed by atoms with van der Waals surface area (Å²) in [4.78, 5) is 18.4. The number of carbonyl (C=O) groups is 1. The van der Waals surface area contributed by atoms with E-state index in [1.807, 2.05) is 0 Å². The van der Waals surface area contributed by atoms with Gasteiger partial charge in [-0.3, -0.25) is 14.6 Å². The van der Waals surface area contributed by atoms with Gasteiger partial charge in [-0.2, -0.15) is 32.1 Å². The molecule has 51 heavy (non-hydrogen) atoms. The number of aromatic amines is 1. The van der Waals surface area contributed by atoms with Crippen LogP contribution in [0.3, 0.4) is 0 Å². The number of aryl methyl sites for hydroxylation is 1. The maximum Gasteiger partial charge on any atom is 0.435 e. The van der Waals surface area contributed by atoms with Crippen LogP contribution in [-0.4, -0.2) is 41.6 Å². The number of aromatic nitrogens is 5. The SMILES string of the molecule is Cc1n[nH]c2cccc(-c3ccc(C#CC(C)(C)O)nc3C(Cc3cc(F)cc(F)c3)NC(=O)Cn3nc(C(F)(F)F)c4c3C(F)(F)[C@H](C)C4)c12. The van der Waals surface area contributed by atoms with Gasteiger partial charge < -0.3 is 10.4 Å². The van der Waals surface area contributed by atoms with E-state index < -0.39 is 77.1 Å². The van der Waals surface area contributed by atoms with Crippen LogP contribution in [-0.2, 0) is 36.3 Å². The highest BCUT2D eigenvalue weighted by Crippen LogP contribution is 2.49. The third-order valence-electron chi connectivity index (χ3n) is 8.57. The Kier molecular flexibility index (Phi) is 8.95. The lowest BCUT2D eigenvalue weighted by Gasteiger charge is -2.23. The number of hydrogen-bond donors (Lipinski definition) is 3. The van der Waals surface area contributed by atoms with Gasteiger partial charge in [0, 0.05) is 28.5 Å². The largest absolute Gasteiger partial charge is 0.435 e. The van der Waals surface area contributed by atoms with E-state index >= 15 is 8.78 Å². The van der Waals surface area contributed by atoms with Gasteiger partial charge in [-0.25, -0.2) is 13.8 Å². The molecule has 0 radical (unpaired) electrons. The standard InChI is InChI=1S/C36H31F7N6O2/c1-18-12-26-32(36(41,42)43)48-49(33(26)35(18,39)40)17-29(50)45-28(15-20-13-21(37)16-22(38)14-20)31-25(9-8-23(44-31)10-11-34(3,4)51)24-6-5-7-27-30(24)19(2)46-47-27/h5-9,13-14,16,18,28,51H,12,15,17H2,1-4H3,(H,45,50)(H,46,47)/t18-,28?/m1/s1. The summed E-state index contributed by atoms with van der Waals surface area (Å²) in [5.41, 5.74) is -1.91. The molecule has 1 aliphatic rings. The van der Waals surface area contributed by atoms with Gasteiger partial charge in [-0.15, -0.1) is 0 Å². The topological polar surface area (TPSA) is 109 Å². The number of rotatable bonds is 7. The Bertz CT molecular complexity index is 2200. The van der Waals surface area contributed by atoms with E-state index in [2.05, 4.69) is 32.5 Å². The van der Waals surface area contributed by atoms with Gasteiger partial charge in [0.15, 0.2) is 5.69 Å². The Morgan fingerprint density at radius 3 is 2.49 bits per heavy atom. The molecule has 0 saturated heterocycles. The molecule has 266 valence electrons. The molecule has 15 heteroatoms. The second-order valence-corrected chi connectivity index (χ2v) is 13.1. The number of fused-ring (bicyclic) bond motifs is 2. The molecule has 3 aromatic heterocycles. The minimum absolute atomic E-state index is 0.0796. The fraction of sp³-hybridized carbons (Fsp3) is 0.333. The Hall–Kier alpha value is -5.23. The Balaban J connectivity index is 1.49. The molecule has 0 fully saturated rings. The van der Waals surface area contributed by atoms with Gasteiger partial charge in [-0.05, 0) is 81.0 Å². The number of pyridine rings is 1. The van der Waals surface area contributed by atoms with Crippen LogP contribution < -0.4 is 5.32 Å². The van der Waals surface area contributed by atoms with Gasteiger partial charge >= 0.3 is 6.18 Å². The fourth-order valence-corrected chi connectivity index (χ4v) is 6.35. The normalized spacial score (nSPS) is 16.1. The minimum Gasteiger partial charge on any atom is -0.378 e. The van der Waals surface area contributed by atoms with E-state index in [-0.39, 0.29) is 23.4 Å². The summed E-state index contributed by atoms with van der Waals surface area (Å²) in [6.45, 7) is 4.77. The predicted octanol–water partition coefficient (Wildman–Crippen LogP) is 6.93. The molecule has 2 aromatic carbocycles. The molecular weight excluding hydrogens is 681 g/mol. The molecule has 2 atom stereocenters. The number of amides is 1. The van der Waals surface area contributed by atoms with Crippen LogP contribution in [0.2, 0.25) is 0 Å². The number of halogens is 7. The van der Waals surface area contributed by atoms with E-state index in [0.29, 0.717) is 38.5 Å². The van der Waals surface area contributed by atoms with Crippen LogP contribution in [0.1, 0.15) is 66.4 Å². The van der Waals surface area contributed by atoms with Crippen LogP contribution in [0, 0.1) is 36.3 Å². The Morgan fingerprint density at radius 2 is 1.82 bits per heavy atom. The second kappa shape index (κ2) is 12.8.